The van der Waals surface area contributed by atoms with Gasteiger partial charge in [0, 0.05) is 16.2 Å². The van der Waals surface area contributed by atoms with Crippen molar-refractivity contribution in [1.82, 2.24) is 0 Å². The SMILES string of the molecule is Cc1ccc(-c2cccc(Cc3ccc(-c4cccs4)o3)c2)s1. The van der Waals surface area contributed by atoms with Gasteiger partial charge in [0.15, 0.2) is 0 Å². The standard InChI is InChI=1S/C20H16OS2/c1-14-7-10-19(23-14)16-5-2-4-15(12-16)13-17-8-9-18(21-17)20-6-3-11-22-20/h2-12H,13H2,1H3. The number of furan rings is 1. The molecule has 3 aromatic heterocycles. The molecule has 3 heterocycles. The molecule has 0 saturated carbocycles. The highest BCUT2D eigenvalue weighted by Crippen LogP contribution is 2.30. The third-order valence-electron chi connectivity index (χ3n) is 3.76. The molecule has 0 fully saturated rings. The van der Waals surface area contributed by atoms with Gasteiger partial charge in [0.05, 0.1) is 4.88 Å². The number of hydrogen-bond acceptors (Lipinski definition) is 3. The Labute approximate surface area is 143 Å². The van der Waals surface area contributed by atoms with Gasteiger partial charge in [-0.15, -0.1) is 22.7 Å². The second-order valence-electron chi connectivity index (χ2n) is 5.53. The molecule has 0 N–H and O–H groups in total. The Morgan fingerprint density at radius 1 is 0.913 bits per heavy atom. The van der Waals surface area contributed by atoms with Crippen molar-refractivity contribution >= 4 is 22.7 Å². The first-order chi connectivity index (χ1) is 11.3. The van der Waals surface area contributed by atoms with Crippen LogP contribution in [-0.2, 0) is 6.42 Å². The molecule has 0 unspecified atom stereocenters. The molecule has 0 aliphatic carbocycles. The fourth-order valence-electron chi connectivity index (χ4n) is 2.65. The second kappa shape index (κ2) is 6.19. The van der Waals surface area contributed by atoms with E-state index in [1.807, 2.05) is 11.3 Å². The Morgan fingerprint density at radius 3 is 2.65 bits per heavy atom. The zero-order valence-corrected chi connectivity index (χ0v) is 14.4. The van der Waals surface area contributed by atoms with Gasteiger partial charge in [-0.2, -0.15) is 0 Å². The average Bonchev–Trinajstić information content (AvgIpc) is 3.28. The third-order valence-corrected chi connectivity index (χ3v) is 5.69. The summed E-state index contributed by atoms with van der Waals surface area (Å²) in [5.41, 5.74) is 2.56. The fraction of sp³-hybridized carbons (Fsp3) is 0.100. The Hall–Kier alpha value is -2.10. The van der Waals surface area contributed by atoms with E-state index < -0.39 is 0 Å². The first-order valence-corrected chi connectivity index (χ1v) is 9.26. The van der Waals surface area contributed by atoms with Crippen LogP contribution in [-0.4, -0.2) is 0 Å². The van der Waals surface area contributed by atoms with Crippen molar-refractivity contribution in [2.24, 2.45) is 0 Å². The highest BCUT2D eigenvalue weighted by atomic mass is 32.1. The quantitative estimate of drug-likeness (QED) is 0.407. The summed E-state index contributed by atoms with van der Waals surface area (Å²) in [4.78, 5) is 3.85. The van der Waals surface area contributed by atoms with Crippen molar-refractivity contribution in [1.29, 1.82) is 0 Å². The highest BCUT2D eigenvalue weighted by molar-refractivity contribution is 7.15. The normalized spacial score (nSPS) is 11.0. The lowest BCUT2D eigenvalue weighted by Gasteiger charge is -2.02. The van der Waals surface area contributed by atoms with Crippen LogP contribution < -0.4 is 0 Å². The van der Waals surface area contributed by atoms with E-state index in [1.165, 1.54) is 25.8 Å². The summed E-state index contributed by atoms with van der Waals surface area (Å²) in [5.74, 6) is 1.97. The Balaban J connectivity index is 1.57. The van der Waals surface area contributed by atoms with Crippen molar-refractivity contribution in [3.63, 3.8) is 0 Å². The minimum atomic E-state index is 0.823. The van der Waals surface area contributed by atoms with Crippen LogP contribution in [0.15, 0.2) is 70.5 Å². The van der Waals surface area contributed by atoms with Gasteiger partial charge in [-0.25, -0.2) is 0 Å². The van der Waals surface area contributed by atoms with E-state index in [-0.39, 0.29) is 0 Å². The Kier molecular flexibility index (Phi) is 3.90. The van der Waals surface area contributed by atoms with E-state index in [0.29, 0.717) is 0 Å². The van der Waals surface area contributed by atoms with Gasteiger partial charge >= 0.3 is 0 Å². The smallest absolute Gasteiger partial charge is 0.144 e. The minimum Gasteiger partial charge on any atom is -0.460 e. The van der Waals surface area contributed by atoms with Gasteiger partial charge in [0.1, 0.15) is 11.5 Å². The molecule has 0 aliphatic rings. The molecule has 0 bridgehead atoms. The maximum absolute atomic E-state index is 5.99. The maximum atomic E-state index is 5.99. The van der Waals surface area contributed by atoms with E-state index in [0.717, 1.165) is 17.9 Å². The summed E-state index contributed by atoms with van der Waals surface area (Å²) >= 11 is 3.54. The molecule has 4 aromatic rings. The fourth-order valence-corrected chi connectivity index (χ4v) is 4.20. The molecular weight excluding hydrogens is 320 g/mol. The molecule has 23 heavy (non-hydrogen) atoms. The summed E-state index contributed by atoms with van der Waals surface area (Å²) < 4.78 is 5.99. The first-order valence-electron chi connectivity index (χ1n) is 7.56. The molecule has 0 saturated heterocycles. The van der Waals surface area contributed by atoms with Crippen LogP contribution in [0.4, 0.5) is 0 Å². The van der Waals surface area contributed by atoms with Crippen LogP contribution >= 0.6 is 22.7 Å². The summed E-state index contributed by atoms with van der Waals surface area (Å²) in [5, 5.41) is 2.07. The van der Waals surface area contributed by atoms with Gasteiger partial charge in [-0.3, -0.25) is 0 Å². The van der Waals surface area contributed by atoms with Crippen molar-refractivity contribution in [2.45, 2.75) is 13.3 Å². The van der Waals surface area contributed by atoms with Crippen LogP contribution in [0.25, 0.3) is 21.1 Å². The molecular formula is C20H16OS2. The topological polar surface area (TPSA) is 13.1 Å². The molecule has 0 atom stereocenters. The van der Waals surface area contributed by atoms with E-state index in [2.05, 4.69) is 73.0 Å². The van der Waals surface area contributed by atoms with Gasteiger partial charge in [-0.05, 0) is 59.8 Å². The lowest BCUT2D eigenvalue weighted by molar-refractivity contribution is 0.535. The highest BCUT2D eigenvalue weighted by Gasteiger charge is 2.08. The molecule has 0 spiro atoms. The van der Waals surface area contributed by atoms with E-state index in [4.69, 9.17) is 4.42 Å². The van der Waals surface area contributed by atoms with Gasteiger partial charge in [0.2, 0.25) is 0 Å². The van der Waals surface area contributed by atoms with Crippen LogP contribution in [0.1, 0.15) is 16.2 Å². The predicted octanol–water partition coefficient (Wildman–Crippen LogP) is 6.64. The minimum absolute atomic E-state index is 0.823. The molecule has 1 aromatic carbocycles. The molecule has 0 radical (unpaired) electrons. The number of aryl methyl sites for hydroxylation is 1. The van der Waals surface area contributed by atoms with Crippen molar-refractivity contribution in [3.8, 4) is 21.1 Å². The van der Waals surface area contributed by atoms with Crippen LogP contribution in [0, 0.1) is 6.92 Å². The van der Waals surface area contributed by atoms with E-state index in [9.17, 15) is 0 Å². The molecule has 1 nitrogen and oxygen atoms in total. The Bertz CT molecular complexity index is 913. The molecule has 0 amide bonds. The number of rotatable bonds is 4. The molecule has 3 heteroatoms. The van der Waals surface area contributed by atoms with Gasteiger partial charge < -0.3 is 4.42 Å². The van der Waals surface area contributed by atoms with E-state index >= 15 is 0 Å². The predicted molar refractivity (Wildman–Crippen MR) is 99.3 cm³/mol. The summed E-state index contributed by atoms with van der Waals surface area (Å²) in [6.07, 6.45) is 0.823. The van der Waals surface area contributed by atoms with Crippen molar-refractivity contribution in [2.75, 3.05) is 0 Å². The number of thiophene rings is 2. The Morgan fingerprint density at radius 2 is 1.87 bits per heavy atom. The maximum Gasteiger partial charge on any atom is 0.144 e. The van der Waals surface area contributed by atoms with Crippen molar-refractivity contribution < 1.29 is 4.42 Å². The van der Waals surface area contributed by atoms with Crippen LogP contribution in [0.2, 0.25) is 0 Å². The number of hydrogen-bond donors (Lipinski definition) is 0. The zero-order valence-electron chi connectivity index (χ0n) is 12.8. The van der Waals surface area contributed by atoms with Crippen LogP contribution in [0.5, 0.6) is 0 Å². The van der Waals surface area contributed by atoms with Crippen molar-refractivity contribution in [3.05, 3.63) is 82.2 Å². The summed E-state index contributed by atoms with van der Waals surface area (Å²) in [7, 11) is 0. The molecule has 0 aliphatic heterocycles. The molecule has 4 rings (SSSR count). The van der Waals surface area contributed by atoms with Crippen LogP contribution in [0.3, 0.4) is 0 Å². The van der Waals surface area contributed by atoms with Gasteiger partial charge in [0.25, 0.3) is 0 Å². The number of benzene rings is 1. The monoisotopic (exact) mass is 336 g/mol. The average molecular weight is 336 g/mol. The lowest BCUT2D eigenvalue weighted by Crippen LogP contribution is -1.86. The van der Waals surface area contributed by atoms with E-state index in [1.54, 1.807) is 11.3 Å². The largest absolute Gasteiger partial charge is 0.460 e. The third kappa shape index (κ3) is 3.16. The lowest BCUT2D eigenvalue weighted by atomic mass is 10.1. The summed E-state index contributed by atoms with van der Waals surface area (Å²) in [6.45, 7) is 2.15. The first kappa shape index (κ1) is 14.5. The zero-order chi connectivity index (χ0) is 15.6. The van der Waals surface area contributed by atoms with Gasteiger partial charge in [-0.1, -0.05) is 24.3 Å². The summed E-state index contributed by atoms with van der Waals surface area (Å²) in [6, 6.07) is 21.4. The second-order valence-corrected chi connectivity index (χ2v) is 7.77. The molecule has 114 valence electrons.